The Balaban J connectivity index is 2.27. The maximum absolute atomic E-state index is 12.6. The van der Waals surface area contributed by atoms with E-state index < -0.39 is 10.0 Å². The van der Waals surface area contributed by atoms with Crippen LogP contribution in [0.4, 0.5) is 0 Å². The van der Waals surface area contributed by atoms with Gasteiger partial charge in [-0.25, -0.2) is 8.42 Å². The van der Waals surface area contributed by atoms with Gasteiger partial charge in [0.2, 0.25) is 10.0 Å². The largest absolute Gasteiger partial charge is 0.465 e. The van der Waals surface area contributed by atoms with E-state index >= 15 is 0 Å². The minimum Gasteiger partial charge on any atom is -0.465 e. The fourth-order valence-electron chi connectivity index (χ4n) is 2.19. The molecule has 1 aliphatic rings. The zero-order chi connectivity index (χ0) is 14.2. The molecule has 19 heavy (non-hydrogen) atoms. The lowest BCUT2D eigenvalue weighted by molar-refractivity contribution is -0.0120. The van der Waals surface area contributed by atoms with E-state index in [-0.39, 0.29) is 23.6 Å². The summed E-state index contributed by atoms with van der Waals surface area (Å²) in [5, 5.41) is 0. The Hall–Kier alpha value is -0.890. The summed E-state index contributed by atoms with van der Waals surface area (Å²) in [5.41, 5.74) is 5.78. The van der Waals surface area contributed by atoms with E-state index in [0.717, 1.165) is 0 Å². The number of morpholine rings is 1. The monoisotopic (exact) mass is 288 g/mol. The Kier molecular flexibility index (Phi) is 4.00. The highest BCUT2D eigenvalue weighted by molar-refractivity contribution is 7.89. The Labute approximate surface area is 113 Å². The van der Waals surface area contributed by atoms with E-state index in [1.54, 1.807) is 19.9 Å². The van der Waals surface area contributed by atoms with Crippen LogP contribution in [0.2, 0.25) is 0 Å². The van der Waals surface area contributed by atoms with Crippen molar-refractivity contribution in [1.29, 1.82) is 0 Å². The molecule has 0 aliphatic carbocycles. The van der Waals surface area contributed by atoms with Gasteiger partial charge < -0.3 is 14.9 Å². The second kappa shape index (κ2) is 5.24. The lowest BCUT2D eigenvalue weighted by atomic mass is 10.2. The first kappa shape index (κ1) is 14.5. The van der Waals surface area contributed by atoms with Gasteiger partial charge in [0.05, 0.1) is 12.7 Å². The highest BCUT2D eigenvalue weighted by Gasteiger charge is 2.34. The molecule has 0 saturated carbocycles. The van der Waals surface area contributed by atoms with Crippen molar-refractivity contribution in [1.82, 2.24) is 4.31 Å². The molecule has 0 aromatic carbocycles. The van der Waals surface area contributed by atoms with Crippen molar-refractivity contribution in [2.75, 3.05) is 19.7 Å². The zero-order valence-electron chi connectivity index (χ0n) is 11.4. The Bertz CT molecular complexity index is 550. The van der Waals surface area contributed by atoms with Gasteiger partial charge in [0.1, 0.15) is 16.4 Å². The van der Waals surface area contributed by atoms with Gasteiger partial charge in [-0.15, -0.1) is 0 Å². The Morgan fingerprint density at radius 1 is 1.47 bits per heavy atom. The average molecular weight is 288 g/mol. The number of hydrogen-bond donors (Lipinski definition) is 1. The van der Waals surface area contributed by atoms with Gasteiger partial charge in [-0.1, -0.05) is 0 Å². The minimum absolute atomic E-state index is 0.204. The number of sulfonamides is 1. The predicted molar refractivity (Wildman–Crippen MR) is 70.3 cm³/mol. The summed E-state index contributed by atoms with van der Waals surface area (Å²) in [7, 11) is -3.53. The van der Waals surface area contributed by atoms with Crippen molar-refractivity contribution in [3.05, 3.63) is 17.6 Å². The van der Waals surface area contributed by atoms with E-state index in [4.69, 9.17) is 14.9 Å². The highest BCUT2D eigenvalue weighted by Crippen LogP contribution is 2.25. The van der Waals surface area contributed by atoms with Gasteiger partial charge in [0.25, 0.3) is 0 Å². The molecule has 0 radical (unpaired) electrons. The molecule has 0 amide bonds. The topological polar surface area (TPSA) is 85.8 Å². The van der Waals surface area contributed by atoms with Crippen LogP contribution in [0.15, 0.2) is 15.4 Å². The molecule has 1 aliphatic heterocycles. The van der Waals surface area contributed by atoms with Crippen LogP contribution < -0.4 is 5.73 Å². The summed E-state index contributed by atoms with van der Waals surface area (Å²) >= 11 is 0. The van der Waals surface area contributed by atoms with Crippen molar-refractivity contribution in [3.63, 3.8) is 0 Å². The quantitative estimate of drug-likeness (QED) is 0.882. The molecule has 1 fully saturated rings. The Morgan fingerprint density at radius 2 is 2.16 bits per heavy atom. The number of furan rings is 1. The number of hydrogen-bond acceptors (Lipinski definition) is 5. The van der Waals surface area contributed by atoms with Crippen LogP contribution >= 0.6 is 0 Å². The number of nitrogens with zero attached hydrogens (tertiary/aromatic N) is 1. The van der Waals surface area contributed by atoms with Crippen LogP contribution in [-0.2, 0) is 14.8 Å². The second-order valence-corrected chi connectivity index (χ2v) is 6.82. The third-order valence-corrected chi connectivity index (χ3v) is 5.23. The van der Waals surface area contributed by atoms with Crippen molar-refractivity contribution >= 4 is 10.0 Å². The molecular weight excluding hydrogens is 268 g/mol. The summed E-state index contributed by atoms with van der Waals surface area (Å²) in [5.74, 6) is 1.01. The molecule has 0 unspecified atom stereocenters. The van der Waals surface area contributed by atoms with Gasteiger partial charge in [0.15, 0.2) is 0 Å². The van der Waals surface area contributed by atoms with E-state index in [0.29, 0.717) is 24.7 Å². The van der Waals surface area contributed by atoms with E-state index in [1.807, 2.05) is 6.92 Å². The molecule has 0 spiro atoms. The van der Waals surface area contributed by atoms with Gasteiger partial charge in [0, 0.05) is 19.1 Å². The molecule has 2 rings (SSSR count). The first-order valence-corrected chi connectivity index (χ1v) is 7.70. The first-order chi connectivity index (χ1) is 8.82. The fraction of sp³-hybridized carbons (Fsp3) is 0.667. The van der Waals surface area contributed by atoms with Crippen molar-refractivity contribution in [2.45, 2.75) is 37.8 Å². The molecule has 1 saturated heterocycles. The van der Waals surface area contributed by atoms with Crippen molar-refractivity contribution in [3.8, 4) is 0 Å². The number of nitrogens with two attached hydrogens (primary N) is 1. The number of ether oxygens (including phenoxy) is 1. The third-order valence-electron chi connectivity index (χ3n) is 3.26. The lowest BCUT2D eigenvalue weighted by Gasteiger charge is -2.33. The van der Waals surface area contributed by atoms with Gasteiger partial charge >= 0.3 is 0 Å². The molecule has 0 bridgehead atoms. The molecule has 1 aromatic rings. The molecular formula is C12H20N2O4S. The molecule has 2 atom stereocenters. The molecule has 108 valence electrons. The summed E-state index contributed by atoms with van der Waals surface area (Å²) in [6, 6.07) is 1.35. The van der Waals surface area contributed by atoms with Crippen LogP contribution in [0.1, 0.15) is 18.4 Å². The maximum Gasteiger partial charge on any atom is 0.246 e. The lowest BCUT2D eigenvalue weighted by Crippen LogP contribution is -2.51. The predicted octanol–water partition coefficient (Wildman–Crippen LogP) is 0.633. The molecule has 2 heterocycles. The Morgan fingerprint density at radius 3 is 2.68 bits per heavy atom. The average Bonchev–Trinajstić information content (AvgIpc) is 2.69. The maximum atomic E-state index is 12.6. The summed E-state index contributed by atoms with van der Waals surface area (Å²) in [6.07, 6.45) is -0.267. The second-order valence-electron chi connectivity index (χ2n) is 4.91. The van der Waals surface area contributed by atoms with Crippen molar-refractivity contribution < 1.29 is 17.6 Å². The molecule has 1 aromatic heterocycles. The van der Waals surface area contributed by atoms with Gasteiger partial charge in [-0.05, 0) is 26.8 Å². The normalized spacial score (nSPS) is 23.5. The first-order valence-electron chi connectivity index (χ1n) is 6.26. The van der Waals surface area contributed by atoms with Crippen LogP contribution in [0.3, 0.4) is 0 Å². The highest BCUT2D eigenvalue weighted by atomic mass is 32.2. The standard InChI is InChI=1S/C12H20N2O4S/c1-8-6-12(10(3)18-8)19(15,16)14-4-5-17-11(7-14)9(2)13/h6,9,11H,4-5,7,13H2,1-3H3/t9-,11-/m0/s1. The van der Waals surface area contributed by atoms with Crippen LogP contribution in [0.25, 0.3) is 0 Å². The van der Waals surface area contributed by atoms with E-state index in [1.165, 1.54) is 4.31 Å². The van der Waals surface area contributed by atoms with Crippen LogP contribution in [0.5, 0.6) is 0 Å². The van der Waals surface area contributed by atoms with Crippen LogP contribution in [-0.4, -0.2) is 44.6 Å². The van der Waals surface area contributed by atoms with Gasteiger partial charge in [-0.2, -0.15) is 4.31 Å². The van der Waals surface area contributed by atoms with E-state index in [9.17, 15) is 8.42 Å². The zero-order valence-corrected chi connectivity index (χ0v) is 12.2. The third kappa shape index (κ3) is 2.84. The summed E-state index contributed by atoms with van der Waals surface area (Å²) in [6.45, 7) is 6.19. The number of rotatable bonds is 3. The number of aryl methyl sites for hydroxylation is 2. The summed E-state index contributed by atoms with van der Waals surface area (Å²) < 4.78 is 37.3. The fourth-order valence-corrected chi connectivity index (χ4v) is 3.85. The van der Waals surface area contributed by atoms with Crippen LogP contribution in [0, 0.1) is 13.8 Å². The molecule has 7 heteroatoms. The van der Waals surface area contributed by atoms with Gasteiger partial charge in [-0.3, -0.25) is 0 Å². The SMILES string of the molecule is Cc1cc(S(=O)(=O)N2CCO[C@H]([C@H](C)N)C2)c(C)o1. The summed E-state index contributed by atoms with van der Waals surface area (Å²) in [4.78, 5) is 0.232. The molecule has 6 nitrogen and oxygen atoms in total. The minimum atomic E-state index is -3.53. The molecule has 2 N–H and O–H groups in total. The van der Waals surface area contributed by atoms with E-state index in [2.05, 4.69) is 0 Å². The smallest absolute Gasteiger partial charge is 0.246 e. The van der Waals surface area contributed by atoms with Crippen molar-refractivity contribution in [2.24, 2.45) is 5.73 Å².